The minimum atomic E-state index is -0.462. The molecular weight excluding hydrogens is 262 g/mol. The van der Waals surface area contributed by atoms with Crippen LogP contribution in [-0.2, 0) is 11.3 Å². The zero-order valence-corrected chi connectivity index (χ0v) is 12.5. The summed E-state index contributed by atoms with van der Waals surface area (Å²) >= 11 is 0. The molecule has 2 aromatic carbocycles. The highest BCUT2D eigenvalue weighted by molar-refractivity contribution is 5.81. The van der Waals surface area contributed by atoms with Crippen LogP contribution in [0.2, 0.25) is 0 Å². The van der Waals surface area contributed by atoms with E-state index in [1.54, 1.807) is 0 Å². The van der Waals surface area contributed by atoms with Crippen LogP contribution in [0.15, 0.2) is 54.6 Å². The highest BCUT2D eigenvalue weighted by atomic mass is 16.5. The number of hydrogen-bond donors (Lipinski definition) is 1. The molecule has 0 fully saturated rings. The lowest BCUT2D eigenvalue weighted by Crippen LogP contribution is -2.37. The van der Waals surface area contributed by atoms with Gasteiger partial charge in [0.05, 0.1) is 0 Å². The highest BCUT2D eigenvalue weighted by Crippen LogP contribution is 2.15. The van der Waals surface area contributed by atoms with E-state index < -0.39 is 6.10 Å². The summed E-state index contributed by atoms with van der Waals surface area (Å²) in [6, 6.07) is 17.6. The summed E-state index contributed by atoms with van der Waals surface area (Å²) < 4.78 is 5.78. The maximum absolute atomic E-state index is 12.2. The minimum Gasteiger partial charge on any atom is -0.481 e. The number of ether oxygens (including phenoxy) is 1. The fourth-order valence-electron chi connectivity index (χ4n) is 2.07. The maximum Gasteiger partial charge on any atom is 0.261 e. The van der Waals surface area contributed by atoms with Crippen LogP contribution < -0.4 is 10.1 Å². The summed E-state index contributed by atoms with van der Waals surface area (Å²) in [4.78, 5) is 12.2. The molecule has 1 unspecified atom stereocenters. The normalized spacial score (nSPS) is 11.7. The molecule has 21 heavy (non-hydrogen) atoms. The maximum atomic E-state index is 12.2. The predicted octanol–water partition coefficient (Wildman–Crippen LogP) is 3.47. The van der Waals surface area contributed by atoms with Crippen LogP contribution in [0, 0.1) is 6.92 Å². The van der Waals surface area contributed by atoms with Gasteiger partial charge in [-0.05, 0) is 36.6 Å². The molecule has 3 nitrogen and oxygen atoms in total. The van der Waals surface area contributed by atoms with Crippen molar-refractivity contribution in [3.8, 4) is 5.75 Å². The van der Waals surface area contributed by atoms with Crippen molar-refractivity contribution in [3.05, 3.63) is 65.7 Å². The number of nitrogens with one attached hydrogen (secondary N) is 1. The average Bonchev–Trinajstić information content (AvgIpc) is 2.51. The molecule has 110 valence electrons. The molecule has 0 saturated heterocycles. The van der Waals surface area contributed by atoms with Crippen molar-refractivity contribution in [1.29, 1.82) is 0 Å². The predicted molar refractivity (Wildman–Crippen MR) is 84.2 cm³/mol. The third-order valence-corrected chi connectivity index (χ3v) is 3.24. The van der Waals surface area contributed by atoms with E-state index in [0.29, 0.717) is 13.0 Å². The fraction of sp³-hybridized carbons (Fsp3) is 0.278. The summed E-state index contributed by atoms with van der Waals surface area (Å²) in [6.07, 6.45) is 0.171. The van der Waals surface area contributed by atoms with Crippen LogP contribution in [-0.4, -0.2) is 12.0 Å². The van der Waals surface area contributed by atoms with Crippen LogP contribution in [0.4, 0.5) is 0 Å². The molecule has 2 aromatic rings. The summed E-state index contributed by atoms with van der Waals surface area (Å²) in [5.41, 5.74) is 2.20. The Balaban J connectivity index is 1.92. The number of carbonyl (C=O) groups excluding carboxylic acids is 1. The van der Waals surface area contributed by atoms with Gasteiger partial charge >= 0.3 is 0 Å². The number of carbonyl (C=O) groups is 1. The molecule has 0 radical (unpaired) electrons. The molecule has 1 atom stereocenters. The first kappa shape index (κ1) is 15.1. The Hall–Kier alpha value is -2.29. The molecule has 0 aliphatic rings. The van der Waals surface area contributed by atoms with Crippen molar-refractivity contribution in [2.45, 2.75) is 32.9 Å². The monoisotopic (exact) mass is 283 g/mol. The standard InChI is InChI=1S/C18H21NO2/c1-3-17(21-16-11-7-8-14(2)12-16)18(20)19-13-15-9-5-4-6-10-15/h4-12,17H,3,13H2,1-2H3,(H,19,20). The van der Waals surface area contributed by atoms with Crippen molar-refractivity contribution in [2.75, 3.05) is 0 Å². The topological polar surface area (TPSA) is 38.3 Å². The van der Waals surface area contributed by atoms with Crippen molar-refractivity contribution in [3.63, 3.8) is 0 Å². The first-order valence-electron chi connectivity index (χ1n) is 7.24. The Labute approximate surface area is 126 Å². The molecule has 0 bridgehead atoms. The van der Waals surface area contributed by atoms with Gasteiger partial charge in [-0.3, -0.25) is 4.79 Å². The number of amides is 1. The van der Waals surface area contributed by atoms with Crippen LogP contribution in [0.5, 0.6) is 5.75 Å². The van der Waals surface area contributed by atoms with E-state index in [1.165, 1.54) is 0 Å². The number of rotatable bonds is 6. The van der Waals surface area contributed by atoms with Crippen LogP contribution in [0.1, 0.15) is 24.5 Å². The molecule has 1 amide bonds. The van der Waals surface area contributed by atoms with Crippen molar-refractivity contribution >= 4 is 5.91 Å². The highest BCUT2D eigenvalue weighted by Gasteiger charge is 2.17. The number of benzene rings is 2. The molecular formula is C18H21NO2. The summed E-state index contributed by atoms with van der Waals surface area (Å²) in [6.45, 7) is 4.47. The lowest BCUT2D eigenvalue weighted by atomic mass is 10.2. The average molecular weight is 283 g/mol. The Morgan fingerprint density at radius 1 is 1.14 bits per heavy atom. The largest absolute Gasteiger partial charge is 0.481 e. The molecule has 2 rings (SSSR count). The molecule has 0 spiro atoms. The Kier molecular flexibility index (Phi) is 5.38. The van der Waals surface area contributed by atoms with E-state index in [0.717, 1.165) is 16.9 Å². The SMILES string of the molecule is CCC(Oc1cccc(C)c1)C(=O)NCc1ccccc1. The smallest absolute Gasteiger partial charge is 0.261 e. The van der Waals surface area contributed by atoms with Gasteiger partial charge < -0.3 is 10.1 Å². The quantitative estimate of drug-likeness (QED) is 0.881. The third kappa shape index (κ3) is 4.63. The van der Waals surface area contributed by atoms with Crippen molar-refractivity contribution in [2.24, 2.45) is 0 Å². The van der Waals surface area contributed by atoms with Gasteiger partial charge in [-0.25, -0.2) is 0 Å². The zero-order chi connectivity index (χ0) is 15.1. The van der Waals surface area contributed by atoms with Crippen LogP contribution in [0.25, 0.3) is 0 Å². The molecule has 0 aliphatic heterocycles. The van der Waals surface area contributed by atoms with Gasteiger partial charge in [-0.1, -0.05) is 49.4 Å². The third-order valence-electron chi connectivity index (χ3n) is 3.24. The van der Waals surface area contributed by atoms with Gasteiger partial charge in [0.15, 0.2) is 6.10 Å². The van der Waals surface area contributed by atoms with Crippen molar-refractivity contribution < 1.29 is 9.53 Å². The molecule has 0 aliphatic carbocycles. The Morgan fingerprint density at radius 2 is 1.90 bits per heavy atom. The fourth-order valence-corrected chi connectivity index (χ4v) is 2.07. The first-order chi connectivity index (χ1) is 10.2. The van der Waals surface area contributed by atoms with E-state index in [9.17, 15) is 4.79 Å². The lowest BCUT2D eigenvalue weighted by molar-refractivity contribution is -0.128. The van der Waals surface area contributed by atoms with Gasteiger partial charge in [0, 0.05) is 6.54 Å². The molecule has 3 heteroatoms. The van der Waals surface area contributed by atoms with Gasteiger partial charge in [0.2, 0.25) is 0 Å². The Bertz CT molecular complexity index is 581. The number of hydrogen-bond acceptors (Lipinski definition) is 2. The molecule has 1 N–H and O–H groups in total. The van der Waals surface area contributed by atoms with Crippen LogP contribution >= 0.6 is 0 Å². The second kappa shape index (κ2) is 7.48. The van der Waals surface area contributed by atoms with Crippen LogP contribution in [0.3, 0.4) is 0 Å². The van der Waals surface area contributed by atoms with Gasteiger partial charge in [0.25, 0.3) is 5.91 Å². The van der Waals surface area contributed by atoms with Crippen molar-refractivity contribution in [1.82, 2.24) is 5.32 Å². The van der Waals surface area contributed by atoms with E-state index in [4.69, 9.17) is 4.74 Å². The summed E-state index contributed by atoms with van der Waals surface area (Å²) in [5.74, 6) is 0.652. The van der Waals surface area contributed by atoms with E-state index in [-0.39, 0.29) is 5.91 Å². The van der Waals surface area contributed by atoms with Gasteiger partial charge in [-0.15, -0.1) is 0 Å². The molecule has 0 heterocycles. The lowest BCUT2D eigenvalue weighted by Gasteiger charge is -2.17. The molecule has 0 saturated carbocycles. The second-order valence-electron chi connectivity index (χ2n) is 5.03. The first-order valence-corrected chi connectivity index (χ1v) is 7.24. The summed E-state index contributed by atoms with van der Waals surface area (Å²) in [5, 5.41) is 2.92. The van der Waals surface area contributed by atoms with E-state index >= 15 is 0 Å². The van der Waals surface area contributed by atoms with Gasteiger partial charge in [0.1, 0.15) is 5.75 Å². The van der Waals surface area contributed by atoms with Gasteiger partial charge in [-0.2, -0.15) is 0 Å². The zero-order valence-electron chi connectivity index (χ0n) is 12.5. The molecule has 0 aromatic heterocycles. The number of aryl methyl sites for hydroxylation is 1. The summed E-state index contributed by atoms with van der Waals surface area (Å²) in [7, 11) is 0. The van der Waals surface area contributed by atoms with E-state index in [1.807, 2.05) is 68.4 Å². The van der Waals surface area contributed by atoms with E-state index in [2.05, 4.69) is 5.32 Å². The Morgan fingerprint density at radius 3 is 2.57 bits per heavy atom. The second-order valence-corrected chi connectivity index (χ2v) is 5.03. The minimum absolute atomic E-state index is 0.0807.